The van der Waals surface area contributed by atoms with Crippen LogP contribution in [0.3, 0.4) is 0 Å². The minimum atomic E-state index is -0.588. The van der Waals surface area contributed by atoms with Gasteiger partial charge in [-0.2, -0.15) is 11.8 Å². The molecule has 5 nitrogen and oxygen atoms in total. The zero-order chi connectivity index (χ0) is 22.9. The molecule has 0 saturated carbocycles. The van der Waals surface area contributed by atoms with Crippen LogP contribution in [0.5, 0.6) is 0 Å². The third-order valence-corrected chi connectivity index (χ3v) is 6.53. The third-order valence-electron chi connectivity index (χ3n) is 5.55. The summed E-state index contributed by atoms with van der Waals surface area (Å²) in [5.41, 5.74) is 1.42. The molecule has 2 aromatic rings. The number of carbonyl (C=O) groups excluding carboxylic acids is 2. The highest BCUT2D eigenvalue weighted by Gasteiger charge is 2.28. The Morgan fingerprint density at radius 2 is 1.84 bits per heavy atom. The normalized spacial score (nSPS) is 15.8. The van der Waals surface area contributed by atoms with Gasteiger partial charge in [0.05, 0.1) is 10.6 Å². The lowest BCUT2D eigenvalue weighted by Gasteiger charge is -2.27. The summed E-state index contributed by atoms with van der Waals surface area (Å²) in [6.45, 7) is 3.56. The fraction of sp³-hybridized carbons (Fsp3) is 0.417. The van der Waals surface area contributed by atoms with Gasteiger partial charge >= 0.3 is 0 Å². The molecule has 0 aliphatic carbocycles. The molecule has 8 heteroatoms. The second-order valence-electron chi connectivity index (χ2n) is 7.87. The van der Waals surface area contributed by atoms with Crippen molar-refractivity contribution in [1.29, 1.82) is 0 Å². The molecule has 172 valence electrons. The molecule has 1 atom stereocenters. The molecule has 0 aromatic heterocycles. The SMILES string of the molecule is CSCCC(NC(=O)c1ccccc1Cl)C(=O)N1CCCN(Cc2ccc(F)cc2)CC1. The Morgan fingerprint density at radius 3 is 2.56 bits per heavy atom. The third kappa shape index (κ3) is 6.95. The van der Waals surface area contributed by atoms with E-state index in [-0.39, 0.29) is 17.6 Å². The second-order valence-corrected chi connectivity index (χ2v) is 9.26. The summed E-state index contributed by atoms with van der Waals surface area (Å²) in [4.78, 5) is 30.2. The summed E-state index contributed by atoms with van der Waals surface area (Å²) in [7, 11) is 0. The lowest BCUT2D eigenvalue weighted by molar-refractivity contribution is -0.133. The molecular formula is C24H29ClFN3O2S. The number of amides is 2. The Bertz CT molecular complexity index is 912. The molecular weight excluding hydrogens is 449 g/mol. The molecule has 0 bridgehead atoms. The maximum Gasteiger partial charge on any atom is 0.253 e. The summed E-state index contributed by atoms with van der Waals surface area (Å²) in [6.07, 6.45) is 3.39. The summed E-state index contributed by atoms with van der Waals surface area (Å²) >= 11 is 7.81. The minimum absolute atomic E-state index is 0.0527. The number of halogens is 2. The number of benzene rings is 2. The maximum atomic E-state index is 13.3. The molecule has 1 aliphatic heterocycles. The van der Waals surface area contributed by atoms with Crippen molar-refractivity contribution in [3.05, 3.63) is 70.5 Å². The van der Waals surface area contributed by atoms with Crippen molar-refractivity contribution in [2.75, 3.05) is 38.2 Å². The van der Waals surface area contributed by atoms with Gasteiger partial charge in [0.2, 0.25) is 5.91 Å². The van der Waals surface area contributed by atoms with Gasteiger partial charge in [0.25, 0.3) is 5.91 Å². The van der Waals surface area contributed by atoms with E-state index in [9.17, 15) is 14.0 Å². The number of thioether (sulfide) groups is 1. The quantitative estimate of drug-likeness (QED) is 0.622. The van der Waals surface area contributed by atoms with Crippen LogP contribution in [-0.4, -0.2) is 65.8 Å². The Kier molecular flexibility index (Phi) is 9.38. The zero-order valence-corrected chi connectivity index (χ0v) is 19.8. The van der Waals surface area contributed by atoms with E-state index in [0.717, 1.165) is 37.4 Å². The summed E-state index contributed by atoms with van der Waals surface area (Å²) in [6, 6.07) is 12.8. The van der Waals surface area contributed by atoms with Gasteiger partial charge < -0.3 is 10.2 Å². The van der Waals surface area contributed by atoms with Crippen LogP contribution in [0.15, 0.2) is 48.5 Å². The van der Waals surface area contributed by atoms with Crippen LogP contribution in [0.2, 0.25) is 5.02 Å². The highest BCUT2D eigenvalue weighted by atomic mass is 35.5. The van der Waals surface area contributed by atoms with Crippen molar-refractivity contribution < 1.29 is 14.0 Å². The van der Waals surface area contributed by atoms with Gasteiger partial charge in [0, 0.05) is 32.7 Å². The smallest absolute Gasteiger partial charge is 0.253 e. The van der Waals surface area contributed by atoms with Gasteiger partial charge in [-0.15, -0.1) is 0 Å². The fourth-order valence-electron chi connectivity index (χ4n) is 3.79. The molecule has 1 heterocycles. The molecule has 3 rings (SSSR count). The van der Waals surface area contributed by atoms with E-state index in [1.54, 1.807) is 48.2 Å². The average molecular weight is 478 g/mol. The van der Waals surface area contributed by atoms with Crippen molar-refractivity contribution >= 4 is 35.2 Å². The van der Waals surface area contributed by atoms with Gasteiger partial charge in [-0.25, -0.2) is 4.39 Å². The number of hydrogen-bond acceptors (Lipinski definition) is 4. The van der Waals surface area contributed by atoms with Crippen LogP contribution in [0.4, 0.5) is 4.39 Å². The first-order chi connectivity index (χ1) is 15.5. The predicted octanol–water partition coefficient (Wildman–Crippen LogP) is 4.07. The highest BCUT2D eigenvalue weighted by Crippen LogP contribution is 2.16. The van der Waals surface area contributed by atoms with Crippen molar-refractivity contribution in [2.45, 2.75) is 25.4 Å². The van der Waals surface area contributed by atoms with Gasteiger partial charge in [-0.3, -0.25) is 14.5 Å². The van der Waals surface area contributed by atoms with Gasteiger partial charge in [-0.05, 0) is 54.7 Å². The van der Waals surface area contributed by atoms with Gasteiger partial charge in [0.1, 0.15) is 11.9 Å². The molecule has 1 unspecified atom stereocenters. The predicted molar refractivity (Wildman–Crippen MR) is 129 cm³/mol. The van der Waals surface area contributed by atoms with Crippen LogP contribution < -0.4 is 5.32 Å². The van der Waals surface area contributed by atoms with Crippen molar-refractivity contribution in [1.82, 2.24) is 15.1 Å². The molecule has 0 radical (unpaired) electrons. The maximum absolute atomic E-state index is 13.3. The molecule has 1 N–H and O–H groups in total. The molecule has 2 aromatic carbocycles. The number of hydrogen-bond donors (Lipinski definition) is 1. The van der Waals surface area contributed by atoms with Crippen LogP contribution in [0.25, 0.3) is 0 Å². The lowest BCUT2D eigenvalue weighted by Crippen LogP contribution is -2.49. The zero-order valence-electron chi connectivity index (χ0n) is 18.2. The first-order valence-electron chi connectivity index (χ1n) is 10.8. The van der Waals surface area contributed by atoms with Crippen molar-refractivity contribution in [3.63, 3.8) is 0 Å². The van der Waals surface area contributed by atoms with E-state index in [1.807, 2.05) is 11.2 Å². The number of carbonyl (C=O) groups is 2. The largest absolute Gasteiger partial charge is 0.340 e. The van der Waals surface area contributed by atoms with Crippen LogP contribution >= 0.6 is 23.4 Å². The fourth-order valence-corrected chi connectivity index (χ4v) is 4.49. The molecule has 1 aliphatic rings. The summed E-state index contributed by atoms with van der Waals surface area (Å²) < 4.78 is 13.2. The Labute approximate surface area is 198 Å². The molecule has 1 saturated heterocycles. The van der Waals surface area contributed by atoms with Crippen molar-refractivity contribution in [3.8, 4) is 0 Å². The Balaban J connectivity index is 1.62. The summed E-state index contributed by atoms with van der Waals surface area (Å²) in [5, 5.41) is 3.27. The number of nitrogens with zero attached hydrogens (tertiary/aromatic N) is 2. The number of rotatable bonds is 8. The first kappa shape index (κ1) is 24.6. The lowest BCUT2D eigenvalue weighted by atomic mass is 10.1. The van der Waals surface area contributed by atoms with E-state index in [1.165, 1.54) is 12.1 Å². The molecule has 2 amide bonds. The Morgan fingerprint density at radius 1 is 1.09 bits per heavy atom. The van der Waals surface area contributed by atoms with Crippen LogP contribution in [-0.2, 0) is 11.3 Å². The minimum Gasteiger partial charge on any atom is -0.340 e. The van der Waals surface area contributed by atoms with Crippen LogP contribution in [0.1, 0.15) is 28.8 Å². The van der Waals surface area contributed by atoms with E-state index in [2.05, 4.69) is 10.2 Å². The first-order valence-corrected chi connectivity index (χ1v) is 12.5. The molecule has 1 fully saturated rings. The van der Waals surface area contributed by atoms with Gasteiger partial charge in [0.15, 0.2) is 0 Å². The second kappa shape index (κ2) is 12.2. The standard InChI is InChI=1S/C24H29ClFN3O2S/c1-32-16-11-22(27-23(30)20-5-2-3-6-21(20)25)24(31)29-13-4-12-28(14-15-29)17-18-7-9-19(26)10-8-18/h2-3,5-10,22H,4,11-17H2,1H3,(H,27,30). The molecule has 32 heavy (non-hydrogen) atoms. The topological polar surface area (TPSA) is 52.7 Å². The van der Waals surface area contributed by atoms with Crippen LogP contribution in [0, 0.1) is 5.82 Å². The summed E-state index contributed by atoms with van der Waals surface area (Å²) in [5.74, 6) is 0.145. The van der Waals surface area contributed by atoms with E-state index >= 15 is 0 Å². The molecule has 0 spiro atoms. The van der Waals surface area contributed by atoms with E-state index in [0.29, 0.717) is 30.1 Å². The number of nitrogens with one attached hydrogen (secondary N) is 1. The monoisotopic (exact) mass is 477 g/mol. The van der Waals surface area contributed by atoms with Gasteiger partial charge in [-0.1, -0.05) is 35.9 Å². The average Bonchev–Trinajstić information content (AvgIpc) is 3.03. The highest BCUT2D eigenvalue weighted by molar-refractivity contribution is 7.98. The van der Waals surface area contributed by atoms with Crippen molar-refractivity contribution in [2.24, 2.45) is 0 Å². The Hall–Kier alpha value is -2.09. The van der Waals surface area contributed by atoms with E-state index < -0.39 is 6.04 Å². The van der Waals surface area contributed by atoms with E-state index in [4.69, 9.17) is 11.6 Å².